The number of halogens is 2. The molecule has 0 amide bonds. The van der Waals surface area contributed by atoms with Crippen molar-refractivity contribution in [1.29, 1.82) is 0 Å². The highest BCUT2D eigenvalue weighted by molar-refractivity contribution is 5.26. The van der Waals surface area contributed by atoms with Gasteiger partial charge in [-0.15, -0.1) is 0 Å². The lowest BCUT2D eigenvalue weighted by Gasteiger charge is -2.37. The molecule has 5 heteroatoms. The molecule has 1 aromatic heterocycles. The number of rotatable bonds is 0. The van der Waals surface area contributed by atoms with Crippen molar-refractivity contribution in [3.63, 3.8) is 0 Å². The summed E-state index contributed by atoms with van der Waals surface area (Å²) in [4.78, 5) is 11.8. The minimum atomic E-state index is -0.945. The van der Waals surface area contributed by atoms with Crippen molar-refractivity contribution in [2.75, 3.05) is 13.1 Å². The summed E-state index contributed by atoms with van der Waals surface area (Å²) in [7, 11) is 0. The fraction of sp³-hybridized carbons (Fsp3) is 0.583. The van der Waals surface area contributed by atoms with Crippen LogP contribution in [0.5, 0.6) is 0 Å². The van der Waals surface area contributed by atoms with Crippen LogP contribution in [0.25, 0.3) is 0 Å². The molecule has 0 aliphatic carbocycles. The molecule has 2 bridgehead atoms. The van der Waals surface area contributed by atoms with Gasteiger partial charge in [0.1, 0.15) is 5.82 Å². The van der Waals surface area contributed by atoms with Gasteiger partial charge in [-0.1, -0.05) is 0 Å². The van der Waals surface area contributed by atoms with Crippen molar-refractivity contribution >= 4 is 0 Å². The van der Waals surface area contributed by atoms with E-state index in [1.165, 1.54) is 11.5 Å². The summed E-state index contributed by atoms with van der Waals surface area (Å²) in [5.74, 6) is -1.19. The van der Waals surface area contributed by atoms with Crippen molar-refractivity contribution in [1.82, 2.24) is 9.88 Å². The van der Waals surface area contributed by atoms with Gasteiger partial charge in [0, 0.05) is 24.6 Å². The third-order valence-electron chi connectivity index (χ3n) is 3.88. The normalized spacial score (nSPS) is 26.8. The molecule has 0 radical (unpaired) electrons. The van der Waals surface area contributed by atoms with Crippen LogP contribution in [-0.2, 0) is 6.54 Å². The van der Waals surface area contributed by atoms with Crippen LogP contribution in [0.3, 0.4) is 0 Å². The summed E-state index contributed by atoms with van der Waals surface area (Å²) in [5.41, 5.74) is -0.432. The number of nitrogens with one attached hydrogen (secondary N) is 1. The molecule has 2 atom stereocenters. The van der Waals surface area contributed by atoms with Gasteiger partial charge in [-0.3, -0.25) is 4.79 Å². The predicted molar refractivity (Wildman–Crippen MR) is 59.1 cm³/mol. The topological polar surface area (TPSA) is 34.0 Å². The van der Waals surface area contributed by atoms with Gasteiger partial charge in [0.25, 0.3) is 5.56 Å². The van der Waals surface area contributed by atoms with Gasteiger partial charge in [0.2, 0.25) is 0 Å². The Kier molecular flexibility index (Phi) is 2.33. The van der Waals surface area contributed by atoms with Crippen LogP contribution in [0.2, 0.25) is 0 Å². The van der Waals surface area contributed by atoms with Gasteiger partial charge < -0.3 is 9.88 Å². The van der Waals surface area contributed by atoms with E-state index in [1.54, 1.807) is 0 Å². The van der Waals surface area contributed by atoms with Gasteiger partial charge in [-0.2, -0.15) is 0 Å². The molecule has 2 aliphatic heterocycles. The molecule has 1 aromatic rings. The third kappa shape index (κ3) is 1.45. The highest BCUT2D eigenvalue weighted by atomic mass is 19.1. The van der Waals surface area contributed by atoms with Crippen LogP contribution in [0, 0.1) is 24.5 Å². The molecule has 1 saturated heterocycles. The van der Waals surface area contributed by atoms with E-state index in [9.17, 15) is 13.6 Å². The van der Waals surface area contributed by atoms with E-state index in [4.69, 9.17) is 0 Å². The van der Waals surface area contributed by atoms with Crippen LogP contribution in [0.1, 0.15) is 23.6 Å². The Morgan fingerprint density at radius 3 is 2.82 bits per heavy atom. The molecule has 3 nitrogen and oxygen atoms in total. The number of hydrogen-bond donors (Lipinski definition) is 1. The van der Waals surface area contributed by atoms with Crippen molar-refractivity contribution < 1.29 is 8.78 Å². The molecule has 3 heterocycles. The Balaban J connectivity index is 2.28. The van der Waals surface area contributed by atoms with Crippen LogP contribution in [-0.4, -0.2) is 17.7 Å². The Morgan fingerprint density at radius 2 is 2.06 bits per heavy atom. The van der Waals surface area contributed by atoms with Crippen molar-refractivity contribution in [3.05, 3.63) is 33.2 Å². The quantitative estimate of drug-likeness (QED) is 0.738. The molecule has 17 heavy (non-hydrogen) atoms. The van der Waals surface area contributed by atoms with E-state index >= 15 is 0 Å². The molecule has 1 fully saturated rings. The zero-order valence-corrected chi connectivity index (χ0v) is 9.59. The van der Waals surface area contributed by atoms with E-state index < -0.39 is 17.2 Å². The maximum Gasteiger partial charge on any atom is 0.287 e. The van der Waals surface area contributed by atoms with E-state index in [1.807, 2.05) is 0 Å². The maximum absolute atomic E-state index is 14.1. The second-order valence-electron chi connectivity index (χ2n) is 5.01. The first-order valence-electron chi connectivity index (χ1n) is 5.88. The average Bonchev–Trinajstić information content (AvgIpc) is 2.33. The Bertz CT molecular complexity index is 538. The largest absolute Gasteiger partial charge is 0.316 e. The van der Waals surface area contributed by atoms with Gasteiger partial charge in [0.15, 0.2) is 5.82 Å². The molecular formula is C12H14F2N2O. The van der Waals surface area contributed by atoms with Crippen molar-refractivity contribution in [3.8, 4) is 0 Å². The smallest absolute Gasteiger partial charge is 0.287 e. The second-order valence-corrected chi connectivity index (χ2v) is 5.01. The number of nitrogens with zero attached hydrogens (tertiary/aromatic N) is 1. The first-order valence-corrected chi connectivity index (χ1v) is 5.88. The minimum Gasteiger partial charge on any atom is -0.316 e. The molecule has 2 unspecified atom stereocenters. The first-order chi connectivity index (χ1) is 8.09. The number of pyridine rings is 1. The summed E-state index contributed by atoms with van der Waals surface area (Å²) in [6, 6.07) is 0. The molecule has 0 aromatic carbocycles. The molecule has 1 N–H and O–H groups in total. The van der Waals surface area contributed by atoms with E-state index in [-0.39, 0.29) is 11.5 Å². The Hall–Kier alpha value is -1.23. The zero-order chi connectivity index (χ0) is 12.2. The molecule has 0 saturated carbocycles. The fourth-order valence-electron chi connectivity index (χ4n) is 3.01. The zero-order valence-electron chi connectivity index (χ0n) is 9.59. The number of piperidine rings is 1. The summed E-state index contributed by atoms with van der Waals surface area (Å²) in [6.07, 6.45) is 0.883. The Morgan fingerprint density at radius 1 is 1.29 bits per heavy atom. The molecule has 92 valence electrons. The summed E-state index contributed by atoms with van der Waals surface area (Å²) in [5, 5.41) is 3.23. The van der Waals surface area contributed by atoms with Crippen molar-refractivity contribution in [2.24, 2.45) is 5.92 Å². The molecule has 3 rings (SSSR count). The van der Waals surface area contributed by atoms with E-state index in [2.05, 4.69) is 5.32 Å². The summed E-state index contributed by atoms with van der Waals surface area (Å²) < 4.78 is 29.0. The van der Waals surface area contributed by atoms with Gasteiger partial charge in [-0.05, 0) is 25.8 Å². The number of hydrogen-bond acceptors (Lipinski definition) is 2. The number of aromatic nitrogens is 1. The Labute approximate surface area is 97.4 Å². The summed E-state index contributed by atoms with van der Waals surface area (Å²) >= 11 is 0. The third-order valence-corrected chi connectivity index (χ3v) is 3.88. The lowest BCUT2D eigenvalue weighted by Crippen LogP contribution is -2.46. The predicted octanol–water partition coefficient (Wildman–Crippen LogP) is 1.14. The minimum absolute atomic E-state index is 0.00509. The van der Waals surface area contributed by atoms with Crippen molar-refractivity contribution in [2.45, 2.75) is 25.8 Å². The molecular weight excluding hydrogens is 226 g/mol. The average molecular weight is 240 g/mol. The van der Waals surface area contributed by atoms with Crippen LogP contribution in [0.4, 0.5) is 8.78 Å². The fourth-order valence-corrected chi connectivity index (χ4v) is 3.01. The van der Waals surface area contributed by atoms with Gasteiger partial charge in [0.05, 0.1) is 5.69 Å². The molecule has 2 aliphatic rings. The van der Waals surface area contributed by atoms with E-state index in [0.29, 0.717) is 24.7 Å². The lowest BCUT2D eigenvalue weighted by molar-refractivity contribution is 0.244. The summed E-state index contributed by atoms with van der Waals surface area (Å²) in [6.45, 7) is 3.23. The van der Waals surface area contributed by atoms with Gasteiger partial charge >= 0.3 is 0 Å². The van der Waals surface area contributed by atoms with E-state index in [0.717, 1.165) is 13.0 Å². The highest BCUT2D eigenvalue weighted by Crippen LogP contribution is 2.34. The number of fused-ring (bicyclic) bond motifs is 4. The molecule has 0 spiro atoms. The maximum atomic E-state index is 14.1. The van der Waals surface area contributed by atoms with Crippen LogP contribution < -0.4 is 10.9 Å². The monoisotopic (exact) mass is 240 g/mol. The standard InChI is InChI=1S/C12H14F2N2O/c1-6-9(13)11-8-2-7(3-15-4-8)5-16(11)12(17)10(6)14/h7-8,15H,2-5H2,1H3. The second kappa shape index (κ2) is 3.63. The van der Waals surface area contributed by atoms with Crippen LogP contribution in [0.15, 0.2) is 4.79 Å². The first kappa shape index (κ1) is 10.9. The van der Waals surface area contributed by atoms with Gasteiger partial charge in [-0.25, -0.2) is 8.78 Å². The SMILES string of the molecule is Cc1c(F)c2n(c(=O)c1F)CC1CNCC2C1. The van der Waals surface area contributed by atoms with Crippen LogP contribution >= 0.6 is 0 Å². The highest BCUT2D eigenvalue weighted by Gasteiger charge is 2.35. The lowest BCUT2D eigenvalue weighted by atomic mass is 9.83.